The van der Waals surface area contributed by atoms with Crippen molar-refractivity contribution in [2.45, 2.75) is 80.1 Å². The lowest BCUT2D eigenvalue weighted by atomic mass is 9.97. The third-order valence-corrected chi connectivity index (χ3v) is 3.51. The van der Waals surface area contributed by atoms with Crippen molar-refractivity contribution >= 4 is 0 Å². The molecule has 0 aliphatic heterocycles. The van der Waals surface area contributed by atoms with Gasteiger partial charge in [0, 0.05) is 0 Å². The molecule has 0 rings (SSSR count). The van der Waals surface area contributed by atoms with E-state index in [4.69, 9.17) is 0 Å². The van der Waals surface area contributed by atoms with Crippen LogP contribution in [-0.2, 0) is 0 Å². The van der Waals surface area contributed by atoms with Crippen molar-refractivity contribution in [1.82, 2.24) is 0 Å². The second kappa shape index (κ2) is 12.0. The van der Waals surface area contributed by atoms with Gasteiger partial charge in [-0.25, -0.2) is 0 Å². The highest BCUT2D eigenvalue weighted by Crippen LogP contribution is 2.16. The molecule has 0 aliphatic rings. The zero-order valence-electron chi connectivity index (χ0n) is 14.6. The van der Waals surface area contributed by atoms with E-state index in [1.165, 1.54) is 48.8 Å². The molecule has 0 heteroatoms. The summed E-state index contributed by atoms with van der Waals surface area (Å²) in [7, 11) is 0. The van der Waals surface area contributed by atoms with Crippen molar-refractivity contribution in [3.63, 3.8) is 0 Å². The van der Waals surface area contributed by atoms with Crippen LogP contribution in [0.5, 0.6) is 0 Å². The van der Waals surface area contributed by atoms with Gasteiger partial charge in [-0.05, 0) is 85.5 Å². The Kier molecular flexibility index (Phi) is 11.5. The Morgan fingerprint density at radius 2 is 1.45 bits per heavy atom. The minimum Gasteiger partial charge on any atom is -0.0859 e. The summed E-state index contributed by atoms with van der Waals surface area (Å²) >= 11 is 0. The highest BCUT2D eigenvalue weighted by molar-refractivity contribution is 5.03. The zero-order valence-corrected chi connectivity index (χ0v) is 14.6. The summed E-state index contributed by atoms with van der Waals surface area (Å²) in [6.07, 6.45) is 16.8. The van der Waals surface area contributed by atoms with Crippen LogP contribution in [0, 0.1) is 12.3 Å². The number of allylic oxidation sites excluding steroid dienone is 6. The van der Waals surface area contributed by atoms with Gasteiger partial charge < -0.3 is 0 Å². The molecule has 115 valence electrons. The maximum absolute atomic E-state index is 2.44. The predicted octanol–water partition coefficient (Wildman–Crippen LogP) is 7.05. The zero-order chi connectivity index (χ0) is 15.4. The molecular weight excluding hydrogens is 240 g/mol. The summed E-state index contributed by atoms with van der Waals surface area (Å²) in [4.78, 5) is 0. The van der Waals surface area contributed by atoms with Crippen LogP contribution < -0.4 is 0 Å². The maximum atomic E-state index is 2.44. The lowest BCUT2D eigenvalue weighted by Crippen LogP contribution is -1.94. The minimum atomic E-state index is 0.810. The quantitative estimate of drug-likeness (QED) is 0.296. The molecule has 0 heterocycles. The molecule has 0 spiro atoms. The van der Waals surface area contributed by atoms with Crippen molar-refractivity contribution in [3.05, 3.63) is 41.4 Å². The first-order valence-corrected chi connectivity index (χ1v) is 8.15. The van der Waals surface area contributed by atoms with Crippen LogP contribution in [0.4, 0.5) is 0 Å². The van der Waals surface area contributed by atoms with Crippen LogP contribution in [-0.4, -0.2) is 0 Å². The molecule has 0 aromatic carbocycles. The van der Waals surface area contributed by atoms with Crippen LogP contribution in [0.1, 0.15) is 80.1 Å². The van der Waals surface area contributed by atoms with Crippen LogP contribution in [0.15, 0.2) is 34.9 Å². The van der Waals surface area contributed by atoms with Gasteiger partial charge >= 0.3 is 0 Å². The molecule has 1 atom stereocenters. The van der Waals surface area contributed by atoms with E-state index in [1.54, 1.807) is 0 Å². The van der Waals surface area contributed by atoms with E-state index in [9.17, 15) is 0 Å². The van der Waals surface area contributed by atoms with E-state index in [0.29, 0.717) is 0 Å². The van der Waals surface area contributed by atoms with Crippen LogP contribution in [0.2, 0.25) is 0 Å². The number of hydrogen-bond acceptors (Lipinski definition) is 0. The highest BCUT2D eigenvalue weighted by Gasteiger charge is 2.00. The van der Waals surface area contributed by atoms with E-state index < -0.39 is 0 Å². The minimum absolute atomic E-state index is 0.810. The topological polar surface area (TPSA) is 0 Å². The molecular formula is C20H35. The Hall–Kier alpha value is -0.780. The lowest BCUT2D eigenvalue weighted by molar-refractivity contribution is 0.526. The Labute approximate surface area is 128 Å². The van der Waals surface area contributed by atoms with Crippen molar-refractivity contribution < 1.29 is 0 Å². The van der Waals surface area contributed by atoms with E-state index in [2.05, 4.69) is 66.2 Å². The van der Waals surface area contributed by atoms with Crippen molar-refractivity contribution in [2.75, 3.05) is 0 Å². The first kappa shape index (κ1) is 19.2. The van der Waals surface area contributed by atoms with Crippen molar-refractivity contribution in [1.29, 1.82) is 0 Å². The fourth-order valence-electron chi connectivity index (χ4n) is 2.13. The Morgan fingerprint density at radius 1 is 0.850 bits per heavy atom. The van der Waals surface area contributed by atoms with Gasteiger partial charge in [0.2, 0.25) is 0 Å². The fourth-order valence-corrected chi connectivity index (χ4v) is 2.13. The van der Waals surface area contributed by atoms with E-state index in [1.807, 2.05) is 0 Å². The Bertz CT molecular complexity index is 320. The molecule has 20 heavy (non-hydrogen) atoms. The first-order valence-electron chi connectivity index (χ1n) is 8.15. The van der Waals surface area contributed by atoms with Gasteiger partial charge in [0.05, 0.1) is 0 Å². The molecule has 1 unspecified atom stereocenters. The first-order chi connectivity index (χ1) is 9.41. The summed E-state index contributed by atoms with van der Waals surface area (Å²) < 4.78 is 0. The van der Waals surface area contributed by atoms with E-state index >= 15 is 0 Å². The largest absolute Gasteiger partial charge is 0.0859 e. The summed E-state index contributed by atoms with van der Waals surface area (Å²) in [5.74, 6) is 0.810. The third-order valence-electron chi connectivity index (χ3n) is 3.51. The molecule has 0 saturated carbocycles. The van der Waals surface area contributed by atoms with Crippen molar-refractivity contribution in [3.8, 4) is 0 Å². The molecule has 0 aliphatic carbocycles. The summed E-state index contributed by atoms with van der Waals surface area (Å²) in [6, 6.07) is 0. The van der Waals surface area contributed by atoms with Gasteiger partial charge in [0.15, 0.2) is 0 Å². The standard InChI is InChI=1S/C20H35/c1-17(2)11-9-15-19(5)13-7-8-14-20(6)16-10-12-18(3)4/h7,11-12,14,19H,8-10,13,15-16H2,1-6H3/b20-14+. The molecule has 0 saturated heterocycles. The number of rotatable bonds is 10. The van der Waals surface area contributed by atoms with Gasteiger partial charge in [-0.15, -0.1) is 0 Å². The van der Waals surface area contributed by atoms with Crippen LogP contribution in [0.3, 0.4) is 0 Å². The highest BCUT2D eigenvalue weighted by atomic mass is 14.1. The van der Waals surface area contributed by atoms with Crippen LogP contribution in [0.25, 0.3) is 0 Å². The molecule has 0 fully saturated rings. The van der Waals surface area contributed by atoms with Gasteiger partial charge in [0.1, 0.15) is 0 Å². The smallest absolute Gasteiger partial charge is 0.0288 e. The van der Waals surface area contributed by atoms with E-state index in [-0.39, 0.29) is 0 Å². The molecule has 0 aromatic heterocycles. The molecule has 0 aromatic rings. The molecule has 0 amide bonds. The van der Waals surface area contributed by atoms with Gasteiger partial charge in [0.25, 0.3) is 0 Å². The average molecular weight is 276 g/mol. The molecule has 0 bridgehead atoms. The van der Waals surface area contributed by atoms with Crippen molar-refractivity contribution in [2.24, 2.45) is 5.92 Å². The lowest BCUT2D eigenvalue weighted by Gasteiger charge is -2.09. The second-order valence-corrected chi connectivity index (χ2v) is 6.59. The van der Waals surface area contributed by atoms with Gasteiger partial charge in [-0.3, -0.25) is 0 Å². The third kappa shape index (κ3) is 13.6. The average Bonchev–Trinajstić information content (AvgIpc) is 2.33. The van der Waals surface area contributed by atoms with Gasteiger partial charge in [-0.1, -0.05) is 41.9 Å². The van der Waals surface area contributed by atoms with Gasteiger partial charge in [-0.2, -0.15) is 0 Å². The SMILES string of the molecule is CC(C)=CCC/C(C)=C/C[CH]CC(C)CCC=C(C)C. The summed E-state index contributed by atoms with van der Waals surface area (Å²) in [5, 5.41) is 0. The second-order valence-electron chi connectivity index (χ2n) is 6.59. The molecule has 0 nitrogen and oxygen atoms in total. The normalized spacial score (nSPS) is 13.0. The predicted molar refractivity (Wildman–Crippen MR) is 93.8 cm³/mol. The molecule has 1 radical (unpaired) electrons. The number of hydrogen-bond donors (Lipinski definition) is 0. The maximum Gasteiger partial charge on any atom is -0.0288 e. The summed E-state index contributed by atoms with van der Waals surface area (Å²) in [6.45, 7) is 13.3. The summed E-state index contributed by atoms with van der Waals surface area (Å²) in [5.41, 5.74) is 4.39. The number of unbranched alkanes of at least 4 members (excludes halogenated alkanes) is 1. The van der Waals surface area contributed by atoms with Crippen LogP contribution >= 0.6 is 0 Å². The Balaban J connectivity index is 3.67. The fraction of sp³-hybridized carbons (Fsp3) is 0.650. The van der Waals surface area contributed by atoms with E-state index in [0.717, 1.165) is 12.3 Å². The Morgan fingerprint density at radius 3 is 2.05 bits per heavy atom. The molecule has 0 N–H and O–H groups in total. The monoisotopic (exact) mass is 275 g/mol.